The van der Waals surface area contributed by atoms with Gasteiger partial charge in [0.15, 0.2) is 8.32 Å². The predicted molar refractivity (Wildman–Crippen MR) is 164 cm³/mol. The number of hydrogen-bond donors (Lipinski definition) is 0. The molecule has 0 N–H and O–H groups in total. The first-order valence-corrected chi connectivity index (χ1v) is 20.0. The van der Waals surface area contributed by atoms with E-state index >= 15 is 0 Å². The van der Waals surface area contributed by atoms with Crippen LogP contribution in [0, 0.1) is 56.2 Å². The van der Waals surface area contributed by atoms with Crippen molar-refractivity contribution in [2.24, 2.45) is 56.2 Å². The van der Waals surface area contributed by atoms with Gasteiger partial charge in [0.25, 0.3) is 0 Å². The molecule has 5 aliphatic rings. The zero-order chi connectivity index (χ0) is 29.0. The van der Waals surface area contributed by atoms with Crippen molar-refractivity contribution >= 4 is 14.3 Å². The number of carbonyl (C=O) groups excluding carboxylic acids is 1. The van der Waals surface area contributed by atoms with Crippen molar-refractivity contribution in [1.82, 2.24) is 0 Å². The van der Waals surface area contributed by atoms with Crippen molar-refractivity contribution in [1.29, 1.82) is 0 Å². The topological polar surface area (TPSA) is 35.5 Å². The fourth-order valence-corrected chi connectivity index (χ4v) is 13.9. The fourth-order valence-electron chi connectivity index (χ4n) is 12.6. The fraction of sp³-hybridized carbons (Fsp3) is 0.971. The molecule has 0 aromatic rings. The molecule has 0 heterocycles. The molecule has 5 rings (SSSR count). The highest BCUT2D eigenvalue weighted by molar-refractivity contribution is 6.69. The molecular formula is C35H62O3Si. The summed E-state index contributed by atoms with van der Waals surface area (Å²) in [5.41, 5.74) is 1.79. The van der Waals surface area contributed by atoms with E-state index in [9.17, 15) is 4.79 Å². The minimum absolute atomic E-state index is 0.0394. The standard InChI is InChI=1S/C35H62O3Si/c1-23(36)37-28-17-18-33(7)25(31(28,4)5)16-20-35(9)27(33)14-13-26-32(6)22-21-30(2,3)29(38-39(10,11)12)24(32)15-19-34(26,35)8/h24-29H,13-22H2,1-12H3/t24-,25+,26+,27+,28+,29-,32-,33+,34+,35+/m1/s1. The maximum atomic E-state index is 12.0. The first-order chi connectivity index (χ1) is 17.7. The molecule has 5 fully saturated rings. The van der Waals surface area contributed by atoms with Crippen LogP contribution in [0.1, 0.15) is 127 Å². The molecular weight excluding hydrogens is 496 g/mol. The molecule has 5 aliphatic carbocycles. The number of hydrogen-bond acceptors (Lipinski definition) is 3. The predicted octanol–water partition coefficient (Wildman–Crippen LogP) is 9.65. The Labute approximate surface area is 242 Å². The molecule has 0 unspecified atom stereocenters. The Balaban J connectivity index is 1.48. The van der Waals surface area contributed by atoms with Gasteiger partial charge < -0.3 is 9.16 Å². The summed E-state index contributed by atoms with van der Waals surface area (Å²) in [5, 5.41) is 0. The van der Waals surface area contributed by atoms with Gasteiger partial charge in [0.2, 0.25) is 0 Å². The van der Waals surface area contributed by atoms with E-state index in [1.165, 1.54) is 57.8 Å². The summed E-state index contributed by atoms with van der Waals surface area (Å²) in [6, 6.07) is 0. The van der Waals surface area contributed by atoms with Crippen LogP contribution < -0.4 is 0 Å². The smallest absolute Gasteiger partial charge is 0.302 e. The second-order valence-corrected chi connectivity index (χ2v) is 22.8. The molecule has 0 aromatic heterocycles. The van der Waals surface area contributed by atoms with Gasteiger partial charge in [-0.3, -0.25) is 4.79 Å². The summed E-state index contributed by atoms with van der Waals surface area (Å²) >= 11 is 0. The van der Waals surface area contributed by atoms with Crippen LogP contribution in [-0.4, -0.2) is 26.5 Å². The molecule has 0 radical (unpaired) electrons. The number of carbonyl (C=O) groups is 1. The summed E-state index contributed by atoms with van der Waals surface area (Å²) in [5.74, 6) is 2.76. The van der Waals surface area contributed by atoms with Gasteiger partial charge in [-0.15, -0.1) is 0 Å². The van der Waals surface area contributed by atoms with Gasteiger partial charge in [-0.25, -0.2) is 0 Å². The van der Waals surface area contributed by atoms with E-state index in [2.05, 4.69) is 75.0 Å². The van der Waals surface area contributed by atoms with Crippen molar-refractivity contribution < 1.29 is 14.0 Å². The molecule has 5 saturated carbocycles. The largest absolute Gasteiger partial charge is 0.462 e. The van der Waals surface area contributed by atoms with Gasteiger partial charge >= 0.3 is 5.97 Å². The van der Waals surface area contributed by atoms with Gasteiger partial charge in [-0.05, 0) is 135 Å². The van der Waals surface area contributed by atoms with Crippen LogP contribution in [0.5, 0.6) is 0 Å². The summed E-state index contributed by atoms with van der Waals surface area (Å²) in [7, 11) is -1.64. The molecule has 0 amide bonds. The van der Waals surface area contributed by atoms with Crippen LogP contribution in [0.3, 0.4) is 0 Å². The van der Waals surface area contributed by atoms with Gasteiger partial charge in [0.05, 0.1) is 6.10 Å². The number of fused-ring (bicyclic) bond motifs is 7. The molecule has 0 saturated heterocycles. The minimum atomic E-state index is -1.64. The summed E-state index contributed by atoms with van der Waals surface area (Å²) in [6.45, 7) is 29.4. The zero-order valence-corrected chi connectivity index (χ0v) is 28.8. The van der Waals surface area contributed by atoms with Gasteiger partial charge in [0, 0.05) is 12.3 Å². The Morgan fingerprint density at radius 1 is 0.667 bits per heavy atom. The van der Waals surface area contributed by atoms with Crippen molar-refractivity contribution in [2.75, 3.05) is 0 Å². The van der Waals surface area contributed by atoms with E-state index in [4.69, 9.17) is 9.16 Å². The lowest BCUT2D eigenvalue weighted by atomic mass is 9.30. The molecule has 3 nitrogen and oxygen atoms in total. The SMILES string of the molecule is CC(=O)O[C@H]1CC[C@@]2(C)[C@@H](CC[C@@]3(C)[C@H]2CC[C@H]2[C@]4(C)CCC(C)(C)[C@H](O[Si](C)(C)C)[C@H]4CC[C@@]23C)C1(C)C. The van der Waals surface area contributed by atoms with Crippen LogP contribution >= 0.6 is 0 Å². The van der Waals surface area contributed by atoms with Gasteiger partial charge in [-0.1, -0.05) is 55.4 Å². The zero-order valence-electron chi connectivity index (χ0n) is 27.8. The average Bonchev–Trinajstić information content (AvgIpc) is 2.78. The molecule has 0 spiro atoms. The van der Waals surface area contributed by atoms with E-state index in [1.54, 1.807) is 6.92 Å². The molecule has 10 atom stereocenters. The van der Waals surface area contributed by atoms with E-state index in [-0.39, 0.29) is 22.9 Å². The molecule has 0 bridgehead atoms. The Bertz CT molecular complexity index is 981. The van der Waals surface area contributed by atoms with Crippen LogP contribution in [0.4, 0.5) is 0 Å². The molecule has 39 heavy (non-hydrogen) atoms. The highest BCUT2D eigenvalue weighted by atomic mass is 28.4. The Kier molecular flexibility index (Phi) is 7.01. The summed E-state index contributed by atoms with van der Waals surface area (Å²) in [6.07, 6.45) is 13.5. The van der Waals surface area contributed by atoms with Crippen LogP contribution in [0.2, 0.25) is 19.6 Å². The van der Waals surface area contributed by atoms with Crippen LogP contribution in [0.25, 0.3) is 0 Å². The van der Waals surface area contributed by atoms with E-state index in [1.807, 2.05) is 0 Å². The van der Waals surface area contributed by atoms with Gasteiger partial charge in [-0.2, -0.15) is 0 Å². The van der Waals surface area contributed by atoms with E-state index in [0.29, 0.717) is 39.6 Å². The first kappa shape index (κ1) is 30.1. The average molecular weight is 559 g/mol. The quantitative estimate of drug-likeness (QED) is 0.255. The molecule has 0 aliphatic heterocycles. The highest BCUT2D eigenvalue weighted by Crippen LogP contribution is 2.77. The lowest BCUT2D eigenvalue weighted by Crippen LogP contribution is -2.69. The van der Waals surface area contributed by atoms with Crippen molar-refractivity contribution in [2.45, 2.75) is 158 Å². The van der Waals surface area contributed by atoms with Crippen LogP contribution in [-0.2, 0) is 14.0 Å². The maximum absolute atomic E-state index is 12.0. The Morgan fingerprint density at radius 2 is 1.23 bits per heavy atom. The van der Waals surface area contributed by atoms with Crippen molar-refractivity contribution in [3.63, 3.8) is 0 Å². The highest BCUT2D eigenvalue weighted by Gasteiger charge is 2.71. The van der Waals surface area contributed by atoms with E-state index in [0.717, 1.165) is 18.3 Å². The summed E-state index contributed by atoms with van der Waals surface area (Å²) in [4.78, 5) is 12.0. The Morgan fingerprint density at radius 3 is 1.79 bits per heavy atom. The number of rotatable bonds is 3. The second kappa shape index (κ2) is 9.07. The lowest BCUT2D eigenvalue weighted by Gasteiger charge is -2.74. The Hall–Kier alpha value is -0.353. The second-order valence-electron chi connectivity index (χ2n) is 18.4. The van der Waals surface area contributed by atoms with Crippen molar-refractivity contribution in [3.8, 4) is 0 Å². The lowest BCUT2D eigenvalue weighted by molar-refractivity contribution is -0.268. The minimum Gasteiger partial charge on any atom is -0.462 e. The third-order valence-electron chi connectivity index (χ3n) is 14.7. The monoisotopic (exact) mass is 558 g/mol. The van der Waals surface area contributed by atoms with E-state index < -0.39 is 8.32 Å². The molecule has 4 heteroatoms. The van der Waals surface area contributed by atoms with Crippen LogP contribution in [0.15, 0.2) is 0 Å². The molecule has 224 valence electrons. The third kappa shape index (κ3) is 4.29. The third-order valence-corrected chi connectivity index (χ3v) is 15.6. The van der Waals surface area contributed by atoms with Gasteiger partial charge in [0.1, 0.15) is 6.10 Å². The summed E-state index contributed by atoms with van der Waals surface area (Å²) < 4.78 is 13.1. The maximum Gasteiger partial charge on any atom is 0.302 e. The number of ether oxygens (including phenoxy) is 1. The molecule has 0 aromatic carbocycles. The van der Waals surface area contributed by atoms with Crippen molar-refractivity contribution in [3.05, 3.63) is 0 Å². The number of esters is 1. The first-order valence-electron chi connectivity index (χ1n) is 16.6. The normalized spacial score (nSPS) is 50.6.